The highest BCUT2D eigenvalue weighted by Gasteiger charge is 2.36. The summed E-state index contributed by atoms with van der Waals surface area (Å²) >= 11 is 0. The van der Waals surface area contributed by atoms with Gasteiger partial charge in [0.05, 0.1) is 5.92 Å². The highest BCUT2D eigenvalue weighted by atomic mass is 16.4. The van der Waals surface area contributed by atoms with Crippen molar-refractivity contribution in [3.63, 3.8) is 0 Å². The normalized spacial score (nSPS) is 21.9. The Bertz CT molecular complexity index is 515. The third-order valence-corrected chi connectivity index (χ3v) is 3.64. The molecule has 1 aliphatic rings. The summed E-state index contributed by atoms with van der Waals surface area (Å²) in [7, 11) is 3.30. The number of aromatic nitrogens is 2. The van der Waals surface area contributed by atoms with E-state index in [0.717, 1.165) is 0 Å². The zero-order valence-corrected chi connectivity index (χ0v) is 11.8. The van der Waals surface area contributed by atoms with Crippen molar-refractivity contribution in [1.29, 1.82) is 0 Å². The number of carbonyl (C=O) groups excluding carboxylic acids is 1. The van der Waals surface area contributed by atoms with E-state index in [-0.39, 0.29) is 23.6 Å². The first-order valence-electron chi connectivity index (χ1n) is 6.46. The van der Waals surface area contributed by atoms with Crippen LogP contribution >= 0.6 is 0 Å². The van der Waals surface area contributed by atoms with Gasteiger partial charge in [-0.1, -0.05) is 0 Å². The molecule has 1 fully saturated rings. The van der Waals surface area contributed by atoms with Crippen molar-refractivity contribution < 1.29 is 14.7 Å². The van der Waals surface area contributed by atoms with Crippen molar-refractivity contribution in [1.82, 2.24) is 15.1 Å². The molecule has 2 atom stereocenters. The van der Waals surface area contributed by atoms with Crippen LogP contribution in [0.15, 0.2) is 12.1 Å². The van der Waals surface area contributed by atoms with Crippen LogP contribution < -0.4 is 4.90 Å². The van der Waals surface area contributed by atoms with Crippen LogP contribution in [-0.4, -0.2) is 58.8 Å². The van der Waals surface area contributed by atoms with Gasteiger partial charge >= 0.3 is 5.97 Å². The summed E-state index contributed by atoms with van der Waals surface area (Å²) in [5.74, 6) is -0.772. The number of hydrogen-bond acceptors (Lipinski definition) is 5. The van der Waals surface area contributed by atoms with E-state index in [2.05, 4.69) is 10.2 Å². The van der Waals surface area contributed by atoms with Gasteiger partial charge in [-0.2, -0.15) is 0 Å². The van der Waals surface area contributed by atoms with E-state index < -0.39 is 5.97 Å². The number of anilines is 1. The van der Waals surface area contributed by atoms with Crippen molar-refractivity contribution in [2.75, 3.05) is 25.5 Å². The van der Waals surface area contributed by atoms with Crippen molar-refractivity contribution in [2.24, 2.45) is 5.92 Å². The zero-order valence-electron chi connectivity index (χ0n) is 11.8. The third kappa shape index (κ3) is 2.56. The van der Waals surface area contributed by atoms with Gasteiger partial charge in [0.25, 0.3) is 5.91 Å². The first kappa shape index (κ1) is 14.2. The number of carboxylic acid groups (broad SMARTS) is 1. The molecule has 7 heteroatoms. The van der Waals surface area contributed by atoms with Gasteiger partial charge in [-0.05, 0) is 25.5 Å². The number of aliphatic carboxylic acids is 1. The largest absolute Gasteiger partial charge is 0.481 e. The van der Waals surface area contributed by atoms with Crippen molar-refractivity contribution in [3.8, 4) is 0 Å². The minimum Gasteiger partial charge on any atom is -0.481 e. The van der Waals surface area contributed by atoms with Gasteiger partial charge in [-0.15, -0.1) is 10.2 Å². The van der Waals surface area contributed by atoms with Crippen LogP contribution in [0.2, 0.25) is 0 Å². The predicted molar refractivity (Wildman–Crippen MR) is 72.6 cm³/mol. The monoisotopic (exact) mass is 278 g/mol. The molecule has 1 aliphatic heterocycles. The molecule has 0 saturated carbocycles. The van der Waals surface area contributed by atoms with Gasteiger partial charge in [0, 0.05) is 26.7 Å². The average molecular weight is 278 g/mol. The number of amides is 1. The van der Waals surface area contributed by atoms with E-state index in [9.17, 15) is 9.59 Å². The van der Waals surface area contributed by atoms with Crippen molar-refractivity contribution in [2.45, 2.75) is 19.4 Å². The highest BCUT2D eigenvalue weighted by molar-refractivity contribution is 5.91. The maximum Gasteiger partial charge on any atom is 0.308 e. The van der Waals surface area contributed by atoms with Gasteiger partial charge in [0.1, 0.15) is 0 Å². The van der Waals surface area contributed by atoms with Crippen LogP contribution in [0, 0.1) is 5.92 Å². The molecule has 0 radical (unpaired) electrons. The lowest BCUT2D eigenvalue weighted by Gasteiger charge is -2.23. The predicted octanol–water partition coefficient (Wildman–Crippen LogP) is 0.478. The fourth-order valence-corrected chi connectivity index (χ4v) is 2.41. The zero-order chi connectivity index (χ0) is 14.9. The summed E-state index contributed by atoms with van der Waals surface area (Å²) in [4.78, 5) is 26.2. The fourth-order valence-electron chi connectivity index (χ4n) is 2.41. The second-order valence-electron chi connectivity index (χ2n) is 5.14. The molecule has 1 N–H and O–H groups in total. The minimum atomic E-state index is -0.785. The molecule has 0 bridgehead atoms. The van der Waals surface area contributed by atoms with Gasteiger partial charge in [0.2, 0.25) is 0 Å². The summed E-state index contributed by atoms with van der Waals surface area (Å²) in [6.07, 6.45) is 0.594. The van der Waals surface area contributed by atoms with Gasteiger partial charge in [-0.25, -0.2) is 0 Å². The Morgan fingerprint density at radius 3 is 2.50 bits per heavy atom. The molecule has 0 aromatic carbocycles. The summed E-state index contributed by atoms with van der Waals surface area (Å²) in [6, 6.07) is 3.20. The molecular formula is C13H18N4O3. The summed E-state index contributed by atoms with van der Waals surface area (Å²) in [6.45, 7) is 2.50. The molecule has 1 aromatic heterocycles. The molecule has 1 amide bonds. The number of nitrogens with zero attached hydrogens (tertiary/aromatic N) is 4. The Hall–Kier alpha value is -2.18. The number of hydrogen-bond donors (Lipinski definition) is 1. The molecule has 2 heterocycles. The maximum atomic E-state index is 11.7. The van der Waals surface area contributed by atoms with E-state index in [4.69, 9.17) is 5.11 Å². The SMILES string of the molecule is CC1C(C(=O)O)CCN1c1ccc(C(=O)N(C)C)nn1. The molecule has 0 spiro atoms. The Kier molecular flexibility index (Phi) is 3.87. The smallest absolute Gasteiger partial charge is 0.308 e. The second-order valence-corrected chi connectivity index (χ2v) is 5.14. The fraction of sp³-hybridized carbons (Fsp3) is 0.538. The Morgan fingerprint density at radius 2 is 2.05 bits per heavy atom. The molecule has 0 aliphatic carbocycles. The number of rotatable bonds is 3. The van der Waals surface area contributed by atoms with E-state index >= 15 is 0 Å². The van der Waals surface area contributed by atoms with Crippen LogP contribution in [0.25, 0.3) is 0 Å². The Labute approximate surface area is 117 Å². The van der Waals surface area contributed by atoms with Crippen LogP contribution in [0.3, 0.4) is 0 Å². The minimum absolute atomic E-state index is 0.128. The lowest BCUT2D eigenvalue weighted by atomic mass is 10.0. The maximum absolute atomic E-state index is 11.7. The first-order chi connectivity index (χ1) is 9.41. The van der Waals surface area contributed by atoms with E-state index in [1.807, 2.05) is 11.8 Å². The molecule has 1 saturated heterocycles. The molecular weight excluding hydrogens is 260 g/mol. The van der Waals surface area contributed by atoms with Gasteiger partial charge in [-0.3, -0.25) is 9.59 Å². The lowest BCUT2D eigenvalue weighted by molar-refractivity contribution is -0.141. The topological polar surface area (TPSA) is 86.6 Å². The second kappa shape index (κ2) is 5.44. The van der Waals surface area contributed by atoms with Crippen LogP contribution in [0.5, 0.6) is 0 Å². The Morgan fingerprint density at radius 1 is 1.35 bits per heavy atom. The summed E-state index contributed by atoms with van der Waals surface area (Å²) < 4.78 is 0. The van der Waals surface area contributed by atoms with Crippen molar-refractivity contribution in [3.05, 3.63) is 17.8 Å². The van der Waals surface area contributed by atoms with E-state index in [0.29, 0.717) is 18.8 Å². The molecule has 20 heavy (non-hydrogen) atoms. The van der Waals surface area contributed by atoms with Crippen LogP contribution in [-0.2, 0) is 4.79 Å². The quantitative estimate of drug-likeness (QED) is 0.865. The first-order valence-corrected chi connectivity index (χ1v) is 6.46. The molecule has 2 rings (SSSR count). The molecule has 1 aromatic rings. The molecule has 108 valence electrons. The lowest BCUT2D eigenvalue weighted by Crippen LogP contribution is -2.33. The summed E-state index contributed by atoms with van der Waals surface area (Å²) in [5, 5.41) is 17.1. The standard InChI is InChI=1S/C13H18N4O3/c1-8-9(13(19)20)6-7-17(8)11-5-4-10(14-15-11)12(18)16(2)3/h4-5,8-9H,6-7H2,1-3H3,(H,19,20). The van der Waals surface area contributed by atoms with Crippen LogP contribution in [0.1, 0.15) is 23.8 Å². The van der Waals surface area contributed by atoms with Crippen molar-refractivity contribution >= 4 is 17.7 Å². The Balaban J connectivity index is 2.15. The number of carbonyl (C=O) groups is 2. The van der Waals surface area contributed by atoms with E-state index in [1.54, 1.807) is 26.2 Å². The van der Waals surface area contributed by atoms with Gasteiger partial charge in [0.15, 0.2) is 11.5 Å². The highest BCUT2D eigenvalue weighted by Crippen LogP contribution is 2.28. The number of carboxylic acids is 1. The average Bonchev–Trinajstić information content (AvgIpc) is 2.80. The van der Waals surface area contributed by atoms with Crippen LogP contribution in [0.4, 0.5) is 5.82 Å². The van der Waals surface area contributed by atoms with Gasteiger partial charge < -0.3 is 14.9 Å². The third-order valence-electron chi connectivity index (χ3n) is 3.64. The van der Waals surface area contributed by atoms with E-state index in [1.165, 1.54) is 4.90 Å². The summed E-state index contributed by atoms with van der Waals surface area (Å²) in [5.41, 5.74) is 0.278. The molecule has 7 nitrogen and oxygen atoms in total. The molecule has 2 unspecified atom stereocenters.